The van der Waals surface area contributed by atoms with Gasteiger partial charge in [-0.05, 0) is 33.2 Å². The Balaban J connectivity index is 2.12. The fourth-order valence-electron chi connectivity index (χ4n) is 2.37. The third kappa shape index (κ3) is 1.80. The molecule has 1 atom stereocenters. The molecular weight excluding hydrogens is 206 g/mol. The van der Waals surface area contributed by atoms with Crippen LogP contribution >= 0.6 is 0 Å². The Hall–Kier alpha value is -1.10. The van der Waals surface area contributed by atoms with Crippen LogP contribution in [-0.4, -0.2) is 47.9 Å². The van der Waals surface area contributed by atoms with Gasteiger partial charge in [-0.2, -0.15) is 0 Å². The summed E-state index contributed by atoms with van der Waals surface area (Å²) < 4.78 is 0. The highest BCUT2D eigenvalue weighted by molar-refractivity contribution is 5.93. The number of nitrogens with zero attached hydrogens (tertiary/aromatic N) is 1. The van der Waals surface area contributed by atoms with E-state index in [-0.39, 0.29) is 17.9 Å². The van der Waals surface area contributed by atoms with Crippen LogP contribution in [0.25, 0.3) is 0 Å². The number of hydrogen-bond donors (Lipinski definition) is 2. The van der Waals surface area contributed by atoms with Crippen LogP contribution < -0.4 is 10.6 Å². The topological polar surface area (TPSA) is 61.4 Å². The zero-order valence-corrected chi connectivity index (χ0v) is 9.88. The van der Waals surface area contributed by atoms with Crippen LogP contribution in [-0.2, 0) is 9.59 Å². The lowest BCUT2D eigenvalue weighted by Gasteiger charge is -2.42. The first-order valence-electron chi connectivity index (χ1n) is 5.86. The molecule has 2 aliphatic rings. The average Bonchev–Trinajstić information content (AvgIpc) is 2.74. The summed E-state index contributed by atoms with van der Waals surface area (Å²) in [6.07, 6.45) is 1.92. The molecule has 90 valence electrons. The highest BCUT2D eigenvalue weighted by Crippen LogP contribution is 2.20. The maximum absolute atomic E-state index is 12.2. The van der Waals surface area contributed by atoms with E-state index < -0.39 is 5.54 Å². The molecule has 0 spiro atoms. The summed E-state index contributed by atoms with van der Waals surface area (Å²) in [4.78, 5) is 25.7. The third-order valence-corrected chi connectivity index (χ3v) is 3.48. The van der Waals surface area contributed by atoms with E-state index in [0.29, 0.717) is 13.1 Å². The van der Waals surface area contributed by atoms with E-state index in [4.69, 9.17) is 0 Å². The van der Waals surface area contributed by atoms with E-state index in [0.717, 1.165) is 19.4 Å². The number of amides is 2. The van der Waals surface area contributed by atoms with Gasteiger partial charge in [0.25, 0.3) is 0 Å². The van der Waals surface area contributed by atoms with E-state index in [1.807, 2.05) is 0 Å². The molecule has 2 rings (SSSR count). The van der Waals surface area contributed by atoms with Gasteiger partial charge in [0.15, 0.2) is 0 Å². The minimum Gasteiger partial charge on any atom is -0.352 e. The first-order chi connectivity index (χ1) is 7.53. The Morgan fingerprint density at radius 2 is 2.19 bits per heavy atom. The number of rotatable bonds is 1. The van der Waals surface area contributed by atoms with Crippen LogP contribution in [0, 0.1) is 0 Å². The van der Waals surface area contributed by atoms with Gasteiger partial charge >= 0.3 is 0 Å². The predicted molar refractivity (Wildman–Crippen MR) is 59.8 cm³/mol. The molecule has 2 heterocycles. The van der Waals surface area contributed by atoms with Crippen molar-refractivity contribution in [1.29, 1.82) is 0 Å². The standard InChI is InChI=1S/C11H19N3O2/c1-11(2)10(16)13-6-7-14(11)9(15)8-4-3-5-12-8/h8,12H,3-7H2,1-2H3,(H,13,16)/t8-/m1/s1. The molecule has 2 fully saturated rings. The van der Waals surface area contributed by atoms with Crippen molar-refractivity contribution in [1.82, 2.24) is 15.5 Å². The van der Waals surface area contributed by atoms with Crippen molar-refractivity contribution >= 4 is 11.8 Å². The maximum Gasteiger partial charge on any atom is 0.245 e. The predicted octanol–water partition coefficient (Wildman–Crippen LogP) is -0.525. The van der Waals surface area contributed by atoms with E-state index in [1.54, 1.807) is 18.7 Å². The normalized spacial score (nSPS) is 29.0. The van der Waals surface area contributed by atoms with Crippen LogP contribution in [0.1, 0.15) is 26.7 Å². The molecule has 0 saturated carbocycles. The van der Waals surface area contributed by atoms with E-state index in [9.17, 15) is 9.59 Å². The minimum atomic E-state index is -0.723. The minimum absolute atomic E-state index is 0.0647. The lowest BCUT2D eigenvalue weighted by Crippen LogP contribution is -2.65. The van der Waals surface area contributed by atoms with E-state index in [1.165, 1.54) is 0 Å². The number of carbonyl (C=O) groups is 2. The Kier molecular flexibility index (Phi) is 2.88. The number of nitrogens with one attached hydrogen (secondary N) is 2. The second-order valence-corrected chi connectivity index (χ2v) is 4.95. The molecular formula is C11H19N3O2. The second-order valence-electron chi connectivity index (χ2n) is 4.95. The molecule has 5 nitrogen and oxygen atoms in total. The van der Waals surface area contributed by atoms with Crippen LogP contribution in [0.3, 0.4) is 0 Å². The summed E-state index contributed by atoms with van der Waals surface area (Å²) in [7, 11) is 0. The fourth-order valence-corrected chi connectivity index (χ4v) is 2.37. The fraction of sp³-hybridized carbons (Fsp3) is 0.818. The zero-order chi connectivity index (χ0) is 11.8. The highest BCUT2D eigenvalue weighted by Gasteiger charge is 2.42. The molecule has 0 unspecified atom stereocenters. The Bertz CT molecular complexity index is 308. The Morgan fingerprint density at radius 3 is 2.81 bits per heavy atom. The van der Waals surface area contributed by atoms with Gasteiger partial charge in [-0.3, -0.25) is 9.59 Å². The van der Waals surface area contributed by atoms with Gasteiger partial charge in [0, 0.05) is 13.1 Å². The summed E-state index contributed by atoms with van der Waals surface area (Å²) >= 11 is 0. The molecule has 2 amide bonds. The maximum atomic E-state index is 12.2. The monoisotopic (exact) mass is 225 g/mol. The van der Waals surface area contributed by atoms with Gasteiger partial charge in [0.05, 0.1) is 6.04 Å². The molecule has 2 aliphatic heterocycles. The lowest BCUT2D eigenvalue weighted by atomic mass is 9.97. The van der Waals surface area contributed by atoms with Crippen LogP contribution in [0.2, 0.25) is 0 Å². The SMILES string of the molecule is CC1(C)C(=O)NCCN1C(=O)[C@H]1CCCN1. The first kappa shape index (κ1) is 11.4. The van der Waals surface area contributed by atoms with E-state index >= 15 is 0 Å². The summed E-state index contributed by atoms with van der Waals surface area (Å²) in [5, 5.41) is 5.98. The molecule has 0 radical (unpaired) electrons. The molecule has 16 heavy (non-hydrogen) atoms. The number of piperazine rings is 1. The molecule has 5 heteroatoms. The van der Waals surface area contributed by atoms with Crippen molar-refractivity contribution in [2.75, 3.05) is 19.6 Å². The van der Waals surface area contributed by atoms with Gasteiger partial charge in [-0.1, -0.05) is 0 Å². The Labute approximate surface area is 95.6 Å². The zero-order valence-electron chi connectivity index (χ0n) is 9.88. The largest absolute Gasteiger partial charge is 0.352 e. The molecule has 2 N–H and O–H groups in total. The summed E-state index contributed by atoms with van der Waals surface area (Å²) in [5.41, 5.74) is -0.723. The molecule has 0 aliphatic carbocycles. The van der Waals surface area contributed by atoms with Gasteiger partial charge in [0.2, 0.25) is 11.8 Å². The van der Waals surface area contributed by atoms with Crippen LogP contribution in [0.15, 0.2) is 0 Å². The van der Waals surface area contributed by atoms with Crippen molar-refractivity contribution in [3.05, 3.63) is 0 Å². The number of carbonyl (C=O) groups excluding carboxylic acids is 2. The van der Waals surface area contributed by atoms with Crippen molar-refractivity contribution in [2.24, 2.45) is 0 Å². The summed E-state index contributed by atoms with van der Waals surface area (Å²) in [5.74, 6) is 0.00227. The van der Waals surface area contributed by atoms with E-state index in [2.05, 4.69) is 10.6 Å². The molecule has 0 aromatic heterocycles. The van der Waals surface area contributed by atoms with Gasteiger partial charge in [-0.25, -0.2) is 0 Å². The van der Waals surface area contributed by atoms with Crippen molar-refractivity contribution in [3.63, 3.8) is 0 Å². The average molecular weight is 225 g/mol. The van der Waals surface area contributed by atoms with Gasteiger partial charge < -0.3 is 15.5 Å². The third-order valence-electron chi connectivity index (χ3n) is 3.48. The molecule has 0 aromatic carbocycles. The molecule has 0 bridgehead atoms. The Morgan fingerprint density at radius 1 is 1.44 bits per heavy atom. The van der Waals surface area contributed by atoms with Crippen molar-refractivity contribution in [2.45, 2.75) is 38.3 Å². The first-order valence-corrected chi connectivity index (χ1v) is 5.86. The quantitative estimate of drug-likeness (QED) is 0.631. The lowest BCUT2D eigenvalue weighted by molar-refractivity contribution is -0.150. The van der Waals surface area contributed by atoms with Crippen molar-refractivity contribution in [3.8, 4) is 0 Å². The van der Waals surface area contributed by atoms with Crippen molar-refractivity contribution < 1.29 is 9.59 Å². The summed E-state index contributed by atoms with van der Waals surface area (Å²) in [6, 6.07) is -0.0924. The van der Waals surface area contributed by atoms with Gasteiger partial charge in [0.1, 0.15) is 5.54 Å². The van der Waals surface area contributed by atoms with Gasteiger partial charge in [-0.15, -0.1) is 0 Å². The second kappa shape index (κ2) is 4.05. The number of hydrogen-bond acceptors (Lipinski definition) is 3. The smallest absolute Gasteiger partial charge is 0.245 e. The van der Waals surface area contributed by atoms with Crippen LogP contribution in [0.4, 0.5) is 0 Å². The summed E-state index contributed by atoms with van der Waals surface area (Å²) in [6.45, 7) is 5.66. The molecule has 2 saturated heterocycles. The van der Waals surface area contributed by atoms with Crippen LogP contribution in [0.5, 0.6) is 0 Å². The highest BCUT2D eigenvalue weighted by atomic mass is 16.2. The molecule has 0 aromatic rings.